The van der Waals surface area contributed by atoms with Crippen LogP contribution in [0.1, 0.15) is 41.5 Å². The van der Waals surface area contributed by atoms with Gasteiger partial charge in [0.1, 0.15) is 11.5 Å². The second-order valence-electron chi connectivity index (χ2n) is 7.28. The number of nitrogens with zero attached hydrogens (tertiary/aromatic N) is 2. The van der Waals surface area contributed by atoms with Gasteiger partial charge in [-0.2, -0.15) is 0 Å². The van der Waals surface area contributed by atoms with Gasteiger partial charge in [-0.3, -0.25) is 19.9 Å². The zero-order chi connectivity index (χ0) is 22.4. The van der Waals surface area contributed by atoms with E-state index in [0.29, 0.717) is 17.7 Å². The smallest absolute Gasteiger partial charge is 0.293 e. The Hall–Kier alpha value is -3.81. The van der Waals surface area contributed by atoms with Gasteiger partial charge in [0, 0.05) is 23.9 Å². The lowest BCUT2D eigenvalue weighted by Gasteiger charge is -2.16. The minimum absolute atomic E-state index is 0.156. The summed E-state index contributed by atoms with van der Waals surface area (Å²) in [7, 11) is 0. The van der Waals surface area contributed by atoms with Crippen LogP contribution in [0.4, 0.5) is 15.8 Å². The molecule has 0 saturated heterocycles. The number of halogens is 1. The topological polar surface area (TPSA) is 97.2 Å². The van der Waals surface area contributed by atoms with E-state index in [0.717, 1.165) is 5.69 Å². The number of rotatable bonds is 8. The molecule has 8 heteroatoms. The first kappa shape index (κ1) is 21.9. The fraction of sp³-hybridized carbons (Fsp3) is 0.217. The highest BCUT2D eigenvalue weighted by Crippen LogP contribution is 2.29. The normalized spacial score (nSPS) is 12.6. The number of carbonyl (C=O) groups is 1. The Morgan fingerprint density at radius 1 is 1.13 bits per heavy atom. The average molecular weight is 422 g/mol. The zero-order valence-electron chi connectivity index (χ0n) is 17.2. The Morgan fingerprint density at radius 2 is 1.87 bits per heavy atom. The predicted octanol–water partition coefficient (Wildman–Crippen LogP) is 4.66. The Labute approximate surface area is 179 Å². The second-order valence-corrected chi connectivity index (χ2v) is 7.28. The fourth-order valence-electron chi connectivity index (χ4n) is 3.24. The molecule has 0 saturated carbocycles. The lowest BCUT2D eigenvalue weighted by atomic mass is 10.1. The molecule has 0 aliphatic rings. The molecule has 2 unspecified atom stereocenters. The summed E-state index contributed by atoms with van der Waals surface area (Å²) in [6, 6.07) is 15.5. The number of hydrogen-bond acceptors (Lipinski definition) is 5. The summed E-state index contributed by atoms with van der Waals surface area (Å²) in [5, 5.41) is 17.4. The molecule has 2 N–H and O–H groups in total. The van der Waals surface area contributed by atoms with Crippen molar-refractivity contribution in [2.24, 2.45) is 0 Å². The van der Waals surface area contributed by atoms with Crippen molar-refractivity contribution >= 4 is 17.3 Å². The van der Waals surface area contributed by atoms with Gasteiger partial charge in [-0.15, -0.1) is 0 Å². The van der Waals surface area contributed by atoms with Crippen LogP contribution in [0.5, 0.6) is 0 Å². The fourth-order valence-corrected chi connectivity index (χ4v) is 3.24. The van der Waals surface area contributed by atoms with Crippen molar-refractivity contribution in [3.05, 3.63) is 99.6 Å². The maximum Gasteiger partial charge on any atom is 0.293 e. The number of amides is 1. The molecule has 1 heterocycles. The molecule has 3 aromatic rings. The van der Waals surface area contributed by atoms with E-state index in [1.165, 1.54) is 24.3 Å². The number of carbonyl (C=O) groups excluding carboxylic acids is 1. The average Bonchev–Trinajstić information content (AvgIpc) is 2.76. The maximum atomic E-state index is 13.8. The summed E-state index contributed by atoms with van der Waals surface area (Å²) in [5.41, 5.74) is 1.46. The van der Waals surface area contributed by atoms with Crippen molar-refractivity contribution in [3.63, 3.8) is 0 Å². The van der Waals surface area contributed by atoms with Crippen molar-refractivity contribution in [2.75, 3.05) is 5.32 Å². The molecule has 0 aliphatic heterocycles. The minimum Gasteiger partial charge on any atom is -0.371 e. The first-order valence-electron chi connectivity index (χ1n) is 9.85. The number of nitrogens with one attached hydrogen (secondary N) is 2. The highest BCUT2D eigenvalue weighted by atomic mass is 19.1. The Kier molecular flexibility index (Phi) is 6.92. The largest absolute Gasteiger partial charge is 0.371 e. The van der Waals surface area contributed by atoms with E-state index in [1.807, 2.05) is 19.1 Å². The van der Waals surface area contributed by atoms with Crippen LogP contribution in [0.2, 0.25) is 0 Å². The van der Waals surface area contributed by atoms with Gasteiger partial charge in [0.15, 0.2) is 0 Å². The summed E-state index contributed by atoms with van der Waals surface area (Å²) in [4.78, 5) is 27.9. The van der Waals surface area contributed by atoms with E-state index >= 15 is 0 Å². The Balaban J connectivity index is 1.73. The van der Waals surface area contributed by atoms with Gasteiger partial charge >= 0.3 is 0 Å². The van der Waals surface area contributed by atoms with Crippen LogP contribution in [0.3, 0.4) is 0 Å². The third kappa shape index (κ3) is 5.63. The first-order chi connectivity index (χ1) is 14.8. The van der Waals surface area contributed by atoms with Gasteiger partial charge in [-0.1, -0.05) is 24.3 Å². The quantitative estimate of drug-likeness (QED) is 0.406. The molecule has 31 heavy (non-hydrogen) atoms. The molecule has 7 nitrogen and oxygen atoms in total. The number of benzene rings is 2. The molecule has 0 radical (unpaired) electrons. The van der Waals surface area contributed by atoms with Crippen molar-refractivity contribution in [1.82, 2.24) is 10.3 Å². The number of aromatic nitrogens is 1. The molecular weight excluding hydrogens is 399 g/mol. The third-order valence-electron chi connectivity index (χ3n) is 4.82. The van der Waals surface area contributed by atoms with E-state index in [1.54, 1.807) is 37.4 Å². The van der Waals surface area contributed by atoms with Gasteiger partial charge in [-0.05, 0) is 56.2 Å². The van der Waals surface area contributed by atoms with Gasteiger partial charge in [0.05, 0.1) is 16.7 Å². The first-order valence-corrected chi connectivity index (χ1v) is 9.85. The standard InChI is InChI=1S/C23H23FN4O3/c1-15(13-17-7-3-4-8-19(17)24)26-23(29)18-10-11-21(22(14-18)28(30)31)27-16(2)20-9-5-6-12-25-20/h3-12,14-16,27H,13H2,1-2H3,(H,26,29). The molecule has 160 valence electrons. The van der Waals surface area contributed by atoms with E-state index in [-0.39, 0.29) is 29.2 Å². The summed E-state index contributed by atoms with van der Waals surface area (Å²) in [5.74, 6) is -0.798. The monoisotopic (exact) mass is 422 g/mol. The van der Waals surface area contributed by atoms with E-state index in [2.05, 4.69) is 15.6 Å². The summed E-state index contributed by atoms with van der Waals surface area (Å²) < 4.78 is 13.8. The number of nitro groups is 1. The zero-order valence-corrected chi connectivity index (χ0v) is 17.2. The molecule has 3 rings (SSSR count). The lowest BCUT2D eigenvalue weighted by molar-refractivity contribution is -0.384. The molecule has 2 atom stereocenters. The second kappa shape index (κ2) is 9.80. The Morgan fingerprint density at radius 3 is 2.55 bits per heavy atom. The van der Waals surface area contributed by atoms with E-state index in [4.69, 9.17) is 0 Å². The van der Waals surface area contributed by atoms with Crippen LogP contribution < -0.4 is 10.6 Å². The number of nitro benzene ring substituents is 1. The third-order valence-corrected chi connectivity index (χ3v) is 4.82. The minimum atomic E-state index is -0.535. The van der Waals surface area contributed by atoms with Crippen molar-refractivity contribution in [1.29, 1.82) is 0 Å². The summed E-state index contributed by atoms with van der Waals surface area (Å²) >= 11 is 0. The molecule has 0 fully saturated rings. The maximum absolute atomic E-state index is 13.8. The molecule has 1 aromatic heterocycles. The molecular formula is C23H23FN4O3. The van der Waals surface area contributed by atoms with Crippen LogP contribution in [-0.2, 0) is 6.42 Å². The van der Waals surface area contributed by atoms with Crippen LogP contribution >= 0.6 is 0 Å². The predicted molar refractivity (Wildman–Crippen MR) is 116 cm³/mol. The molecule has 1 amide bonds. The van der Waals surface area contributed by atoms with Gasteiger partial charge in [-0.25, -0.2) is 4.39 Å². The number of pyridine rings is 1. The van der Waals surface area contributed by atoms with Crippen LogP contribution in [0, 0.1) is 15.9 Å². The number of hydrogen-bond donors (Lipinski definition) is 2. The van der Waals surface area contributed by atoms with Crippen LogP contribution in [-0.4, -0.2) is 21.9 Å². The molecule has 0 bridgehead atoms. The number of anilines is 1. The van der Waals surface area contributed by atoms with Crippen molar-refractivity contribution < 1.29 is 14.1 Å². The highest BCUT2D eigenvalue weighted by molar-refractivity contribution is 5.96. The lowest BCUT2D eigenvalue weighted by Crippen LogP contribution is -2.34. The van der Waals surface area contributed by atoms with E-state index in [9.17, 15) is 19.3 Å². The SMILES string of the molecule is CC(Cc1ccccc1F)NC(=O)c1ccc(NC(C)c2ccccn2)c([N+](=O)[O-])c1. The van der Waals surface area contributed by atoms with Crippen LogP contribution in [0.25, 0.3) is 0 Å². The van der Waals surface area contributed by atoms with Gasteiger partial charge in [0.2, 0.25) is 0 Å². The van der Waals surface area contributed by atoms with Gasteiger partial charge in [0.25, 0.3) is 11.6 Å². The van der Waals surface area contributed by atoms with E-state index < -0.39 is 10.8 Å². The molecule has 2 aromatic carbocycles. The van der Waals surface area contributed by atoms with Crippen molar-refractivity contribution in [3.8, 4) is 0 Å². The molecule has 0 spiro atoms. The highest BCUT2D eigenvalue weighted by Gasteiger charge is 2.20. The molecule has 0 aliphatic carbocycles. The Bertz CT molecular complexity index is 1080. The van der Waals surface area contributed by atoms with Crippen LogP contribution in [0.15, 0.2) is 66.9 Å². The van der Waals surface area contributed by atoms with Gasteiger partial charge < -0.3 is 10.6 Å². The summed E-state index contributed by atoms with van der Waals surface area (Å²) in [6.45, 7) is 3.60. The van der Waals surface area contributed by atoms with Crippen molar-refractivity contribution in [2.45, 2.75) is 32.4 Å². The summed E-state index contributed by atoms with van der Waals surface area (Å²) in [6.07, 6.45) is 1.96.